The monoisotopic (exact) mass is 131 g/mol. The Labute approximate surface area is 55.9 Å². The Morgan fingerprint density at radius 3 is 1.78 bits per heavy atom. The van der Waals surface area contributed by atoms with Crippen molar-refractivity contribution in [2.24, 2.45) is 0 Å². The van der Waals surface area contributed by atoms with Gasteiger partial charge in [0, 0.05) is 19.6 Å². The van der Waals surface area contributed by atoms with Gasteiger partial charge in [-0.15, -0.1) is 0 Å². The second-order valence-electron chi connectivity index (χ2n) is 1.75. The summed E-state index contributed by atoms with van der Waals surface area (Å²) < 4.78 is 0. The van der Waals surface area contributed by atoms with Crippen molar-refractivity contribution in [3.05, 3.63) is 6.92 Å². The summed E-state index contributed by atoms with van der Waals surface area (Å²) in [6.07, 6.45) is 0. The highest BCUT2D eigenvalue weighted by Crippen LogP contribution is 1.83. The smallest absolute Gasteiger partial charge is 0.0558 e. The molecule has 0 aliphatic carbocycles. The molecule has 0 aliphatic heterocycles. The summed E-state index contributed by atoms with van der Waals surface area (Å²) in [5.41, 5.74) is 0. The van der Waals surface area contributed by atoms with Crippen LogP contribution in [-0.2, 0) is 0 Å². The van der Waals surface area contributed by atoms with Gasteiger partial charge in [-0.05, 0) is 6.92 Å². The quantitative estimate of drug-likeness (QED) is 0.502. The highest BCUT2D eigenvalue weighted by molar-refractivity contribution is 4.56. The minimum absolute atomic E-state index is 0.0944. The fourth-order valence-corrected chi connectivity index (χ4v) is 0.577. The van der Waals surface area contributed by atoms with Crippen molar-refractivity contribution in [3.8, 4) is 0 Å². The van der Waals surface area contributed by atoms with Crippen LogP contribution < -0.4 is 0 Å². The van der Waals surface area contributed by atoms with Crippen molar-refractivity contribution < 1.29 is 10.2 Å². The second-order valence-corrected chi connectivity index (χ2v) is 1.75. The minimum atomic E-state index is 0.0944. The van der Waals surface area contributed by atoms with Crippen LogP contribution in [0.4, 0.5) is 0 Å². The summed E-state index contributed by atoms with van der Waals surface area (Å²) in [6, 6.07) is 0. The van der Waals surface area contributed by atoms with Crippen LogP contribution in [0.15, 0.2) is 0 Å². The first kappa shape index (κ1) is 8.88. The van der Waals surface area contributed by atoms with E-state index in [1.807, 2.05) is 0 Å². The minimum Gasteiger partial charge on any atom is -0.395 e. The Morgan fingerprint density at radius 2 is 1.56 bits per heavy atom. The topological polar surface area (TPSA) is 43.7 Å². The van der Waals surface area contributed by atoms with Gasteiger partial charge in [0.05, 0.1) is 13.2 Å². The van der Waals surface area contributed by atoms with Crippen LogP contribution in [0, 0.1) is 6.92 Å². The number of hydrogen-bond donors (Lipinski definition) is 2. The molecule has 3 heteroatoms. The molecule has 54 valence electrons. The van der Waals surface area contributed by atoms with Crippen molar-refractivity contribution in [3.63, 3.8) is 0 Å². The van der Waals surface area contributed by atoms with Gasteiger partial charge in [-0.2, -0.15) is 0 Å². The zero-order valence-electron chi connectivity index (χ0n) is 5.45. The molecule has 0 unspecified atom stereocenters. The van der Waals surface area contributed by atoms with Gasteiger partial charge in [0.1, 0.15) is 0 Å². The van der Waals surface area contributed by atoms with Crippen LogP contribution >= 0.6 is 0 Å². The maximum atomic E-state index is 8.42. The molecule has 0 rings (SSSR count). The van der Waals surface area contributed by atoms with Crippen molar-refractivity contribution in [2.45, 2.75) is 0 Å². The Balaban J connectivity index is 3.18. The number of rotatable bonds is 5. The summed E-state index contributed by atoms with van der Waals surface area (Å²) in [6.45, 7) is 6.91. The second kappa shape index (κ2) is 6.01. The first-order chi connectivity index (χ1) is 4.35. The van der Waals surface area contributed by atoms with E-state index in [2.05, 4.69) is 0 Å². The van der Waals surface area contributed by atoms with Crippen molar-refractivity contribution in [2.75, 3.05) is 32.8 Å². The molecule has 9 heavy (non-hydrogen) atoms. The molecular formula is C6H13NO2. The van der Waals surface area contributed by atoms with Gasteiger partial charge in [0.15, 0.2) is 0 Å². The summed E-state index contributed by atoms with van der Waals surface area (Å²) in [7, 11) is 0. The summed E-state index contributed by atoms with van der Waals surface area (Å²) in [4.78, 5) is 1.76. The lowest BCUT2D eigenvalue weighted by atomic mass is 10.5. The van der Waals surface area contributed by atoms with E-state index < -0.39 is 0 Å². The third-order valence-corrected chi connectivity index (χ3v) is 1.09. The molecule has 0 saturated heterocycles. The predicted octanol–water partition coefficient (Wildman–Crippen LogP) is -1.02. The molecule has 0 saturated carbocycles. The fourth-order valence-electron chi connectivity index (χ4n) is 0.577. The molecular weight excluding hydrogens is 118 g/mol. The molecule has 2 N–H and O–H groups in total. The molecule has 0 aliphatic rings. The van der Waals surface area contributed by atoms with Crippen LogP contribution in [0.2, 0.25) is 0 Å². The molecule has 2 radical (unpaired) electrons. The summed E-state index contributed by atoms with van der Waals surface area (Å²) in [5, 5.41) is 16.8. The normalized spacial score (nSPS) is 10.7. The summed E-state index contributed by atoms with van der Waals surface area (Å²) >= 11 is 0. The largest absolute Gasteiger partial charge is 0.395 e. The molecule has 0 atom stereocenters. The van der Waals surface area contributed by atoms with Gasteiger partial charge in [0.2, 0.25) is 0 Å². The average Bonchev–Trinajstić information content (AvgIpc) is 1.88. The van der Waals surface area contributed by atoms with E-state index in [9.17, 15) is 0 Å². The molecule has 0 amide bonds. The number of aliphatic hydroxyl groups is 2. The lowest BCUT2D eigenvalue weighted by molar-refractivity contribution is 0.171. The van der Waals surface area contributed by atoms with E-state index in [0.29, 0.717) is 19.6 Å². The Morgan fingerprint density at radius 1 is 1.11 bits per heavy atom. The maximum absolute atomic E-state index is 8.42. The highest BCUT2D eigenvalue weighted by atomic mass is 16.3. The SMILES string of the molecule is [CH]CN(CCO)CCO. The summed E-state index contributed by atoms with van der Waals surface area (Å²) in [5.74, 6) is 0. The van der Waals surface area contributed by atoms with Crippen LogP contribution in [0.5, 0.6) is 0 Å². The lowest BCUT2D eigenvalue weighted by Gasteiger charge is -2.16. The molecule has 0 aromatic heterocycles. The van der Waals surface area contributed by atoms with E-state index in [1.54, 1.807) is 4.90 Å². The van der Waals surface area contributed by atoms with Crippen molar-refractivity contribution in [1.29, 1.82) is 0 Å². The van der Waals surface area contributed by atoms with E-state index >= 15 is 0 Å². The third-order valence-electron chi connectivity index (χ3n) is 1.09. The van der Waals surface area contributed by atoms with Gasteiger partial charge in [-0.1, -0.05) is 0 Å². The molecule has 0 fully saturated rings. The Kier molecular flexibility index (Phi) is 5.93. The van der Waals surface area contributed by atoms with Crippen LogP contribution in [0.25, 0.3) is 0 Å². The first-order valence-electron chi connectivity index (χ1n) is 2.99. The number of hydrogen-bond acceptors (Lipinski definition) is 3. The average molecular weight is 131 g/mol. The lowest BCUT2D eigenvalue weighted by Crippen LogP contribution is -2.29. The van der Waals surface area contributed by atoms with Crippen LogP contribution in [-0.4, -0.2) is 48.0 Å². The molecule has 0 aromatic carbocycles. The van der Waals surface area contributed by atoms with Gasteiger partial charge < -0.3 is 10.2 Å². The van der Waals surface area contributed by atoms with Crippen molar-refractivity contribution in [1.82, 2.24) is 4.90 Å². The zero-order chi connectivity index (χ0) is 7.11. The van der Waals surface area contributed by atoms with Gasteiger partial charge in [0.25, 0.3) is 0 Å². The molecule has 0 bridgehead atoms. The van der Waals surface area contributed by atoms with Gasteiger partial charge in [-0.3, -0.25) is 4.90 Å². The predicted molar refractivity (Wildman–Crippen MR) is 34.9 cm³/mol. The van der Waals surface area contributed by atoms with E-state index in [4.69, 9.17) is 17.1 Å². The fraction of sp³-hybridized carbons (Fsp3) is 0.833. The maximum Gasteiger partial charge on any atom is 0.0558 e. The molecule has 3 nitrogen and oxygen atoms in total. The molecule has 0 aromatic rings. The van der Waals surface area contributed by atoms with Crippen molar-refractivity contribution >= 4 is 0 Å². The van der Waals surface area contributed by atoms with E-state index in [0.717, 1.165) is 0 Å². The Hall–Kier alpha value is -0.120. The number of aliphatic hydroxyl groups excluding tert-OH is 2. The molecule has 0 heterocycles. The van der Waals surface area contributed by atoms with Gasteiger partial charge >= 0.3 is 0 Å². The Bertz CT molecular complexity index is 53.0. The number of nitrogens with zero attached hydrogens (tertiary/aromatic N) is 1. The highest BCUT2D eigenvalue weighted by Gasteiger charge is 1.97. The molecule has 0 spiro atoms. The van der Waals surface area contributed by atoms with Crippen LogP contribution in [0.1, 0.15) is 0 Å². The van der Waals surface area contributed by atoms with E-state index in [-0.39, 0.29) is 13.2 Å². The van der Waals surface area contributed by atoms with Gasteiger partial charge in [-0.25, -0.2) is 0 Å². The third kappa shape index (κ3) is 4.39. The zero-order valence-corrected chi connectivity index (χ0v) is 5.45. The van der Waals surface area contributed by atoms with E-state index in [1.165, 1.54) is 0 Å². The first-order valence-corrected chi connectivity index (χ1v) is 2.99. The van der Waals surface area contributed by atoms with Crippen LogP contribution in [0.3, 0.4) is 0 Å². The standard InChI is InChI=1S/C6H13NO2/c1-2-7(3-5-8)4-6-9/h1,8-9H,2-6H2.